The van der Waals surface area contributed by atoms with E-state index in [1.807, 2.05) is 34.0 Å². The van der Waals surface area contributed by atoms with E-state index in [-0.39, 0.29) is 0 Å². The van der Waals surface area contributed by atoms with Crippen LogP contribution in [0.5, 0.6) is 0 Å². The molecule has 0 unspecified atom stereocenters. The first-order valence-corrected chi connectivity index (χ1v) is 19.3. The fraction of sp³-hybridized carbons (Fsp3) is 0. The lowest BCUT2D eigenvalue weighted by Crippen LogP contribution is -2.09. The Hall–Kier alpha value is -5.52. The number of thiophene rings is 3. The minimum Gasteiger partial charge on any atom is -0.310 e. The Balaban J connectivity index is 1.04. The molecule has 11 rings (SSSR count). The van der Waals surface area contributed by atoms with Gasteiger partial charge < -0.3 is 4.90 Å². The first-order chi connectivity index (χ1) is 24.7. The van der Waals surface area contributed by atoms with Gasteiger partial charge in [-0.2, -0.15) is 0 Å². The lowest BCUT2D eigenvalue weighted by atomic mass is 9.99. The van der Waals surface area contributed by atoms with Crippen LogP contribution < -0.4 is 4.90 Å². The number of benzene rings is 8. The molecule has 0 radical (unpaired) electrons. The van der Waals surface area contributed by atoms with E-state index < -0.39 is 0 Å². The van der Waals surface area contributed by atoms with Crippen molar-refractivity contribution in [1.82, 2.24) is 0 Å². The summed E-state index contributed by atoms with van der Waals surface area (Å²) in [5.41, 5.74) is 5.90. The molecule has 0 aliphatic heterocycles. The molecule has 0 fully saturated rings. The highest BCUT2D eigenvalue weighted by Gasteiger charge is 2.17. The minimum absolute atomic E-state index is 1.14. The van der Waals surface area contributed by atoms with Gasteiger partial charge in [-0.3, -0.25) is 0 Å². The van der Waals surface area contributed by atoms with Crippen LogP contribution in [0.4, 0.5) is 17.1 Å². The average Bonchev–Trinajstić information content (AvgIpc) is 3.85. The third-order valence-corrected chi connectivity index (χ3v) is 13.5. The van der Waals surface area contributed by atoms with Crippen molar-refractivity contribution in [2.75, 3.05) is 4.90 Å². The van der Waals surface area contributed by atoms with E-state index in [9.17, 15) is 0 Å². The second-order valence-electron chi connectivity index (χ2n) is 12.9. The summed E-state index contributed by atoms with van der Waals surface area (Å²) in [6.07, 6.45) is 0. The van der Waals surface area contributed by atoms with Gasteiger partial charge in [-0.05, 0) is 107 Å². The van der Waals surface area contributed by atoms with E-state index in [0.29, 0.717) is 0 Å². The molecule has 0 amide bonds. The summed E-state index contributed by atoms with van der Waals surface area (Å²) in [7, 11) is 0. The van der Waals surface area contributed by atoms with Gasteiger partial charge in [0.2, 0.25) is 0 Å². The molecule has 4 heteroatoms. The molecule has 0 aliphatic carbocycles. The SMILES string of the molecule is c1ccc2c(c1)sc1ccc(N(c3ccc(-c4ccc5cc6c(cc5c4)sc4ccccc46)cc3)c3ccc4sc5ccccc5c4c3)cc12. The lowest BCUT2D eigenvalue weighted by Gasteiger charge is -2.26. The van der Waals surface area contributed by atoms with Crippen LogP contribution in [0.25, 0.3) is 82.4 Å². The number of hydrogen-bond acceptors (Lipinski definition) is 4. The second kappa shape index (κ2) is 11.0. The highest BCUT2D eigenvalue weighted by molar-refractivity contribution is 7.26. The molecule has 0 N–H and O–H groups in total. The molecule has 0 bridgehead atoms. The zero-order valence-corrected chi connectivity index (χ0v) is 29.2. The molecule has 8 aromatic carbocycles. The Morgan fingerprint density at radius 3 is 1.32 bits per heavy atom. The van der Waals surface area contributed by atoms with Gasteiger partial charge in [-0.15, -0.1) is 34.0 Å². The van der Waals surface area contributed by atoms with Gasteiger partial charge in [0.15, 0.2) is 0 Å². The van der Waals surface area contributed by atoms with Gasteiger partial charge in [-0.25, -0.2) is 0 Å². The normalized spacial score (nSPS) is 12.0. The predicted molar refractivity (Wildman–Crippen MR) is 223 cm³/mol. The van der Waals surface area contributed by atoms with Gasteiger partial charge in [0, 0.05) is 77.6 Å². The highest BCUT2D eigenvalue weighted by atomic mass is 32.1. The van der Waals surface area contributed by atoms with Crippen molar-refractivity contribution in [2.24, 2.45) is 0 Å². The molecule has 3 heterocycles. The molecule has 1 nitrogen and oxygen atoms in total. The third kappa shape index (κ3) is 4.43. The maximum atomic E-state index is 2.42. The summed E-state index contributed by atoms with van der Waals surface area (Å²) < 4.78 is 7.96. The van der Waals surface area contributed by atoms with E-state index in [4.69, 9.17) is 0 Å². The highest BCUT2D eigenvalue weighted by Crippen LogP contribution is 2.44. The summed E-state index contributed by atoms with van der Waals surface area (Å²) >= 11 is 5.60. The monoisotopic (exact) mass is 689 g/mol. The zero-order valence-electron chi connectivity index (χ0n) is 26.8. The van der Waals surface area contributed by atoms with Gasteiger partial charge in [-0.1, -0.05) is 78.9 Å². The molecule has 11 aromatic rings. The number of rotatable bonds is 4. The largest absolute Gasteiger partial charge is 0.310 e. The summed E-state index contributed by atoms with van der Waals surface area (Å²) in [5, 5.41) is 10.5. The summed E-state index contributed by atoms with van der Waals surface area (Å²) in [4.78, 5) is 2.42. The molecule has 50 heavy (non-hydrogen) atoms. The van der Waals surface area contributed by atoms with Gasteiger partial charge in [0.1, 0.15) is 0 Å². The molecular weight excluding hydrogens is 663 g/mol. The third-order valence-electron chi connectivity index (χ3n) is 10.0. The minimum atomic E-state index is 1.14. The van der Waals surface area contributed by atoms with E-state index in [1.165, 1.54) is 82.4 Å². The molecule has 0 saturated heterocycles. The number of anilines is 3. The smallest absolute Gasteiger partial charge is 0.0468 e. The van der Waals surface area contributed by atoms with Crippen molar-refractivity contribution in [2.45, 2.75) is 0 Å². The summed E-state index contributed by atoms with van der Waals surface area (Å²) in [6, 6.07) is 60.8. The zero-order chi connectivity index (χ0) is 32.8. The fourth-order valence-electron chi connectivity index (χ4n) is 7.60. The van der Waals surface area contributed by atoms with Crippen molar-refractivity contribution >= 4 is 122 Å². The number of hydrogen-bond donors (Lipinski definition) is 0. The molecule has 3 aromatic heterocycles. The van der Waals surface area contributed by atoms with Crippen molar-refractivity contribution in [3.05, 3.63) is 164 Å². The Morgan fingerprint density at radius 1 is 0.280 bits per heavy atom. The van der Waals surface area contributed by atoms with E-state index in [0.717, 1.165) is 17.1 Å². The van der Waals surface area contributed by atoms with Crippen LogP contribution in [0.3, 0.4) is 0 Å². The summed E-state index contributed by atoms with van der Waals surface area (Å²) in [6.45, 7) is 0. The van der Waals surface area contributed by atoms with Crippen molar-refractivity contribution in [1.29, 1.82) is 0 Å². The summed E-state index contributed by atoms with van der Waals surface area (Å²) in [5.74, 6) is 0. The van der Waals surface area contributed by atoms with Crippen LogP contribution in [0.15, 0.2) is 164 Å². The molecule has 0 aliphatic rings. The quantitative estimate of drug-likeness (QED) is 0.178. The van der Waals surface area contributed by atoms with Gasteiger partial charge in [0.25, 0.3) is 0 Å². The van der Waals surface area contributed by atoms with Crippen molar-refractivity contribution < 1.29 is 0 Å². The second-order valence-corrected chi connectivity index (χ2v) is 16.2. The van der Waals surface area contributed by atoms with Crippen LogP contribution in [0.2, 0.25) is 0 Å². The maximum absolute atomic E-state index is 2.42. The van der Waals surface area contributed by atoms with Crippen LogP contribution >= 0.6 is 34.0 Å². The van der Waals surface area contributed by atoms with Crippen LogP contribution in [0, 0.1) is 0 Å². The van der Waals surface area contributed by atoms with E-state index in [2.05, 4.69) is 169 Å². The Labute approximate surface area is 300 Å². The van der Waals surface area contributed by atoms with Gasteiger partial charge >= 0.3 is 0 Å². The Kier molecular flexibility index (Phi) is 6.23. The van der Waals surface area contributed by atoms with Crippen LogP contribution in [-0.2, 0) is 0 Å². The lowest BCUT2D eigenvalue weighted by molar-refractivity contribution is 1.30. The number of nitrogens with zero attached hydrogens (tertiary/aromatic N) is 1. The average molecular weight is 690 g/mol. The van der Waals surface area contributed by atoms with Crippen molar-refractivity contribution in [3.63, 3.8) is 0 Å². The number of fused-ring (bicyclic) bond motifs is 10. The van der Waals surface area contributed by atoms with E-state index >= 15 is 0 Å². The topological polar surface area (TPSA) is 3.24 Å². The fourth-order valence-corrected chi connectivity index (χ4v) is 10.9. The first kappa shape index (κ1) is 28.3. The van der Waals surface area contributed by atoms with E-state index in [1.54, 1.807) is 0 Å². The molecule has 0 saturated carbocycles. The van der Waals surface area contributed by atoms with Crippen molar-refractivity contribution in [3.8, 4) is 11.1 Å². The molecule has 0 spiro atoms. The standard InChI is InChI=1S/C46H27NS3/c1-6-12-43-35(7-1)38-24-30-14-13-29(23-31(30)25-46(38)50-43)28-15-17-32(18-16-28)47(33-19-21-44-39(26-33)36-8-2-4-10-41(36)48-44)34-20-22-45-40(27-34)37-9-3-5-11-42(37)49-45/h1-27H. The predicted octanol–water partition coefficient (Wildman–Crippen LogP) is 15.1. The maximum Gasteiger partial charge on any atom is 0.0468 e. The molecular formula is C46H27NS3. The molecule has 234 valence electrons. The Morgan fingerprint density at radius 2 is 0.740 bits per heavy atom. The van der Waals surface area contributed by atoms with Crippen LogP contribution in [0.1, 0.15) is 0 Å². The Bertz CT molecular complexity index is 2990. The van der Waals surface area contributed by atoms with Crippen LogP contribution in [-0.4, -0.2) is 0 Å². The first-order valence-electron chi connectivity index (χ1n) is 16.8. The van der Waals surface area contributed by atoms with Gasteiger partial charge in [0.05, 0.1) is 0 Å². The molecule has 0 atom stereocenters.